The van der Waals surface area contributed by atoms with Crippen LogP contribution in [-0.2, 0) is 20.6 Å². The summed E-state index contributed by atoms with van der Waals surface area (Å²) < 4.78 is 39.7. The van der Waals surface area contributed by atoms with Gasteiger partial charge in [0.25, 0.3) is 0 Å². The summed E-state index contributed by atoms with van der Waals surface area (Å²) in [6, 6.07) is 5.54. The molecule has 3 rings (SSSR count). The Morgan fingerprint density at radius 1 is 1.07 bits per heavy atom. The molecule has 2 fully saturated rings. The summed E-state index contributed by atoms with van der Waals surface area (Å²) in [5, 5.41) is 3.03. The van der Waals surface area contributed by atoms with Gasteiger partial charge in [-0.15, -0.1) is 0 Å². The molecular weight excluding hydrogens is 405 g/mol. The molecule has 1 amide bonds. The summed E-state index contributed by atoms with van der Waals surface area (Å²) in [6.07, 6.45) is 4.55. The van der Waals surface area contributed by atoms with E-state index < -0.39 is 10.0 Å². The van der Waals surface area contributed by atoms with Gasteiger partial charge >= 0.3 is 0 Å². The quantitative estimate of drug-likeness (QED) is 0.632. The summed E-state index contributed by atoms with van der Waals surface area (Å²) in [4.78, 5) is 14.9. The Balaban J connectivity index is 1.36. The molecule has 30 heavy (non-hydrogen) atoms. The molecule has 0 saturated carbocycles. The van der Waals surface area contributed by atoms with Gasteiger partial charge in [0.05, 0.1) is 5.75 Å². The first kappa shape index (κ1) is 23.2. The molecule has 2 heterocycles. The van der Waals surface area contributed by atoms with E-state index in [-0.39, 0.29) is 23.4 Å². The molecule has 6 nitrogen and oxygen atoms in total. The van der Waals surface area contributed by atoms with Gasteiger partial charge in [0.1, 0.15) is 5.82 Å². The number of rotatable bonds is 8. The fourth-order valence-electron chi connectivity index (χ4n) is 4.22. The zero-order valence-electron chi connectivity index (χ0n) is 17.9. The minimum atomic E-state index is -3.46. The molecule has 0 aromatic heterocycles. The van der Waals surface area contributed by atoms with E-state index >= 15 is 0 Å². The van der Waals surface area contributed by atoms with Gasteiger partial charge in [-0.2, -0.15) is 0 Å². The molecule has 0 bridgehead atoms. The van der Waals surface area contributed by atoms with Crippen molar-refractivity contribution in [2.75, 3.05) is 39.3 Å². The molecule has 168 valence electrons. The largest absolute Gasteiger partial charge is 0.356 e. The molecule has 0 spiro atoms. The smallest absolute Gasteiger partial charge is 0.223 e. The first-order valence-corrected chi connectivity index (χ1v) is 12.7. The van der Waals surface area contributed by atoms with Crippen molar-refractivity contribution in [3.8, 4) is 0 Å². The third-order valence-corrected chi connectivity index (χ3v) is 8.16. The molecule has 0 radical (unpaired) electrons. The molecule has 1 aromatic carbocycles. The summed E-state index contributed by atoms with van der Waals surface area (Å²) in [5.74, 6) is 0.218. The number of amides is 1. The first-order chi connectivity index (χ1) is 14.3. The van der Waals surface area contributed by atoms with Crippen molar-refractivity contribution in [1.29, 1.82) is 0 Å². The normalized spacial score (nSPS) is 20.3. The third kappa shape index (κ3) is 6.75. The van der Waals surface area contributed by atoms with Crippen molar-refractivity contribution in [2.45, 2.75) is 44.8 Å². The van der Waals surface area contributed by atoms with E-state index in [1.54, 1.807) is 0 Å². The molecule has 2 aliphatic rings. The monoisotopic (exact) mass is 439 g/mol. The third-order valence-electron chi connectivity index (χ3n) is 6.31. The first-order valence-electron chi connectivity index (χ1n) is 11.1. The van der Waals surface area contributed by atoms with Crippen molar-refractivity contribution >= 4 is 15.9 Å². The van der Waals surface area contributed by atoms with Crippen molar-refractivity contribution in [1.82, 2.24) is 14.5 Å². The Hall–Kier alpha value is -1.51. The lowest BCUT2D eigenvalue weighted by Crippen LogP contribution is -2.43. The standard InChI is InChI=1S/C22H34FN3O3S/c1-18-7-13-25(14-8-18)12-2-11-24-22(27)20-9-15-26(16-10-20)30(28,29)17-19-3-5-21(23)6-4-19/h3-6,18,20H,2,7-17H2,1H3,(H,24,27). The predicted octanol–water partition coefficient (Wildman–Crippen LogP) is 2.61. The van der Waals surface area contributed by atoms with E-state index in [0.29, 0.717) is 38.0 Å². The molecule has 2 aliphatic heterocycles. The lowest BCUT2D eigenvalue weighted by atomic mass is 9.97. The molecule has 0 atom stereocenters. The highest BCUT2D eigenvalue weighted by Gasteiger charge is 2.31. The van der Waals surface area contributed by atoms with Gasteiger partial charge in [0.15, 0.2) is 0 Å². The number of nitrogens with zero attached hydrogens (tertiary/aromatic N) is 2. The number of hydrogen-bond acceptors (Lipinski definition) is 4. The van der Waals surface area contributed by atoms with Crippen LogP contribution < -0.4 is 5.32 Å². The van der Waals surface area contributed by atoms with Crippen LogP contribution in [0.15, 0.2) is 24.3 Å². The van der Waals surface area contributed by atoms with Crippen LogP contribution in [0.25, 0.3) is 0 Å². The van der Waals surface area contributed by atoms with Crippen LogP contribution in [0.2, 0.25) is 0 Å². The minimum Gasteiger partial charge on any atom is -0.356 e. The summed E-state index contributed by atoms with van der Waals surface area (Å²) in [7, 11) is -3.46. The molecule has 1 aromatic rings. The van der Waals surface area contributed by atoms with Crippen LogP contribution in [0.4, 0.5) is 4.39 Å². The van der Waals surface area contributed by atoms with Crippen LogP contribution in [-0.4, -0.2) is 62.8 Å². The van der Waals surface area contributed by atoms with Gasteiger partial charge in [0, 0.05) is 25.6 Å². The van der Waals surface area contributed by atoms with Gasteiger partial charge in [-0.1, -0.05) is 19.1 Å². The highest BCUT2D eigenvalue weighted by molar-refractivity contribution is 7.88. The number of piperidine rings is 2. The molecule has 1 N–H and O–H groups in total. The van der Waals surface area contributed by atoms with Crippen molar-refractivity contribution in [3.63, 3.8) is 0 Å². The number of nitrogens with one attached hydrogen (secondary N) is 1. The number of halogens is 1. The second kappa shape index (κ2) is 10.7. The van der Waals surface area contributed by atoms with Crippen LogP contribution >= 0.6 is 0 Å². The van der Waals surface area contributed by atoms with E-state index in [9.17, 15) is 17.6 Å². The Morgan fingerprint density at radius 2 is 1.70 bits per heavy atom. The molecule has 0 aliphatic carbocycles. The predicted molar refractivity (Wildman–Crippen MR) is 116 cm³/mol. The van der Waals surface area contributed by atoms with E-state index in [4.69, 9.17) is 0 Å². The average molecular weight is 440 g/mol. The molecular formula is C22H34FN3O3S. The molecule has 2 saturated heterocycles. The van der Waals surface area contributed by atoms with Crippen LogP contribution in [0, 0.1) is 17.7 Å². The number of benzene rings is 1. The summed E-state index contributed by atoms with van der Waals surface area (Å²) >= 11 is 0. The Labute approximate surface area is 179 Å². The number of carbonyl (C=O) groups is 1. The topological polar surface area (TPSA) is 69.7 Å². The fourth-order valence-corrected chi connectivity index (χ4v) is 5.79. The zero-order valence-corrected chi connectivity index (χ0v) is 18.7. The molecule has 8 heteroatoms. The Morgan fingerprint density at radius 3 is 2.33 bits per heavy atom. The molecule has 0 unspecified atom stereocenters. The zero-order chi connectivity index (χ0) is 21.6. The van der Waals surface area contributed by atoms with Crippen LogP contribution in [0.5, 0.6) is 0 Å². The van der Waals surface area contributed by atoms with Gasteiger partial charge < -0.3 is 10.2 Å². The Kier molecular flexibility index (Phi) is 8.25. The highest BCUT2D eigenvalue weighted by Crippen LogP contribution is 2.22. The average Bonchev–Trinajstić information content (AvgIpc) is 2.74. The lowest BCUT2D eigenvalue weighted by molar-refractivity contribution is -0.126. The van der Waals surface area contributed by atoms with Crippen molar-refractivity contribution in [2.24, 2.45) is 11.8 Å². The SMILES string of the molecule is CC1CCN(CCCNC(=O)C2CCN(S(=O)(=O)Cc3ccc(F)cc3)CC2)CC1. The van der Waals surface area contributed by atoms with E-state index in [0.717, 1.165) is 32.0 Å². The summed E-state index contributed by atoms with van der Waals surface area (Å²) in [6.45, 7) is 7.01. The van der Waals surface area contributed by atoms with Crippen LogP contribution in [0.3, 0.4) is 0 Å². The number of carbonyl (C=O) groups excluding carboxylic acids is 1. The highest BCUT2D eigenvalue weighted by atomic mass is 32.2. The van der Waals surface area contributed by atoms with E-state index in [1.165, 1.54) is 41.4 Å². The second-order valence-corrected chi connectivity index (χ2v) is 10.7. The number of sulfonamides is 1. The van der Waals surface area contributed by atoms with Crippen LogP contribution in [0.1, 0.15) is 44.6 Å². The number of likely N-dealkylation sites (tertiary alicyclic amines) is 1. The van der Waals surface area contributed by atoms with Gasteiger partial charge in [0.2, 0.25) is 15.9 Å². The van der Waals surface area contributed by atoms with E-state index in [1.807, 2.05) is 0 Å². The maximum atomic E-state index is 13.0. The lowest BCUT2D eigenvalue weighted by Gasteiger charge is -2.31. The van der Waals surface area contributed by atoms with Gasteiger partial charge in [-0.25, -0.2) is 17.1 Å². The van der Waals surface area contributed by atoms with Gasteiger partial charge in [-0.05, 0) is 75.4 Å². The minimum absolute atomic E-state index is 0.0397. The number of hydrogen-bond donors (Lipinski definition) is 1. The Bertz CT molecular complexity index is 784. The van der Waals surface area contributed by atoms with E-state index in [2.05, 4.69) is 17.1 Å². The fraction of sp³-hybridized carbons (Fsp3) is 0.682. The maximum Gasteiger partial charge on any atom is 0.223 e. The summed E-state index contributed by atoms with van der Waals surface area (Å²) in [5.41, 5.74) is 0.569. The maximum absolute atomic E-state index is 13.0. The second-order valence-electron chi connectivity index (χ2n) is 8.72. The van der Waals surface area contributed by atoms with Crippen molar-refractivity contribution in [3.05, 3.63) is 35.6 Å². The van der Waals surface area contributed by atoms with Gasteiger partial charge in [-0.3, -0.25) is 4.79 Å². The van der Waals surface area contributed by atoms with Crippen molar-refractivity contribution < 1.29 is 17.6 Å².